The Labute approximate surface area is 150 Å². The maximum absolute atomic E-state index is 12.6. The number of rotatable bonds is 4. The summed E-state index contributed by atoms with van der Waals surface area (Å²) in [6.45, 7) is 0.819. The van der Waals surface area contributed by atoms with Gasteiger partial charge in [-0.3, -0.25) is 14.9 Å². The molecule has 26 heavy (non-hydrogen) atoms. The molecule has 3 aromatic rings. The van der Waals surface area contributed by atoms with Crippen molar-refractivity contribution in [3.63, 3.8) is 0 Å². The summed E-state index contributed by atoms with van der Waals surface area (Å²) in [5, 5.41) is 9.86. The standard InChI is InChI=1S/C18H18N6O2/c25-18(13-5-8-26-15-4-2-1-3-12(15)9-13)21-11-16-22-17(24-23-16)14-10-19-6-7-20-14/h1-4,6-7,10,13H,5,8-9,11H2,(H,21,25)(H,22,23,24)/t13-/m1/s1. The molecule has 0 unspecified atom stereocenters. The fourth-order valence-electron chi connectivity index (χ4n) is 2.93. The first kappa shape index (κ1) is 16.2. The van der Waals surface area contributed by atoms with E-state index in [9.17, 15) is 4.79 Å². The van der Waals surface area contributed by atoms with Crippen LogP contribution in [0.5, 0.6) is 5.75 Å². The summed E-state index contributed by atoms with van der Waals surface area (Å²) >= 11 is 0. The molecule has 0 saturated heterocycles. The van der Waals surface area contributed by atoms with Crippen molar-refractivity contribution >= 4 is 5.91 Å². The summed E-state index contributed by atoms with van der Waals surface area (Å²) < 4.78 is 5.72. The average molecular weight is 350 g/mol. The number of hydrogen-bond acceptors (Lipinski definition) is 6. The second-order valence-electron chi connectivity index (χ2n) is 6.06. The largest absolute Gasteiger partial charge is 0.493 e. The van der Waals surface area contributed by atoms with Gasteiger partial charge in [0.2, 0.25) is 11.7 Å². The monoisotopic (exact) mass is 350 g/mol. The highest BCUT2D eigenvalue weighted by molar-refractivity contribution is 5.79. The van der Waals surface area contributed by atoms with Gasteiger partial charge in [-0.15, -0.1) is 0 Å². The lowest BCUT2D eigenvalue weighted by Gasteiger charge is -2.13. The molecule has 8 heteroatoms. The van der Waals surface area contributed by atoms with Gasteiger partial charge in [0.05, 0.1) is 19.3 Å². The van der Waals surface area contributed by atoms with Crippen molar-refractivity contribution in [2.24, 2.45) is 5.92 Å². The van der Waals surface area contributed by atoms with Crippen molar-refractivity contribution in [1.29, 1.82) is 0 Å². The topological polar surface area (TPSA) is 106 Å². The van der Waals surface area contributed by atoms with Crippen LogP contribution in [0.25, 0.3) is 11.5 Å². The first-order valence-corrected chi connectivity index (χ1v) is 8.45. The molecular weight excluding hydrogens is 332 g/mol. The number of amides is 1. The van der Waals surface area contributed by atoms with Crippen LogP contribution in [0.3, 0.4) is 0 Å². The van der Waals surface area contributed by atoms with E-state index in [1.54, 1.807) is 18.6 Å². The second-order valence-corrected chi connectivity index (χ2v) is 6.06. The van der Waals surface area contributed by atoms with Crippen LogP contribution in [0.1, 0.15) is 17.8 Å². The van der Waals surface area contributed by atoms with Gasteiger partial charge in [0.15, 0.2) is 0 Å². The Bertz CT molecular complexity index is 895. The number of aromatic nitrogens is 5. The Morgan fingerprint density at radius 3 is 3.12 bits per heavy atom. The van der Waals surface area contributed by atoms with Gasteiger partial charge < -0.3 is 10.1 Å². The van der Waals surface area contributed by atoms with Gasteiger partial charge in [0.1, 0.15) is 17.3 Å². The molecule has 2 aromatic heterocycles. The number of nitrogens with one attached hydrogen (secondary N) is 2. The van der Waals surface area contributed by atoms with Crippen molar-refractivity contribution in [2.75, 3.05) is 6.61 Å². The van der Waals surface area contributed by atoms with E-state index in [1.807, 2.05) is 24.3 Å². The molecule has 0 radical (unpaired) electrons. The van der Waals surface area contributed by atoms with E-state index in [1.165, 1.54) is 0 Å². The minimum atomic E-state index is -0.124. The summed E-state index contributed by atoms with van der Waals surface area (Å²) in [4.78, 5) is 25.1. The number of benzene rings is 1. The van der Waals surface area contributed by atoms with Crippen molar-refractivity contribution < 1.29 is 9.53 Å². The number of para-hydroxylation sites is 1. The third-order valence-electron chi connectivity index (χ3n) is 4.29. The molecule has 0 spiro atoms. The quantitative estimate of drug-likeness (QED) is 0.739. The summed E-state index contributed by atoms with van der Waals surface area (Å²) in [6.07, 6.45) is 6.12. The van der Waals surface area contributed by atoms with E-state index in [4.69, 9.17) is 4.74 Å². The number of fused-ring (bicyclic) bond motifs is 1. The lowest BCUT2D eigenvalue weighted by molar-refractivity contribution is -0.125. The van der Waals surface area contributed by atoms with Crippen molar-refractivity contribution in [3.05, 3.63) is 54.2 Å². The van der Waals surface area contributed by atoms with Gasteiger partial charge in [-0.1, -0.05) is 18.2 Å². The molecule has 1 amide bonds. The number of carbonyl (C=O) groups is 1. The number of nitrogens with zero attached hydrogens (tertiary/aromatic N) is 4. The number of ether oxygens (including phenoxy) is 1. The van der Waals surface area contributed by atoms with E-state index >= 15 is 0 Å². The van der Waals surface area contributed by atoms with Crippen LogP contribution < -0.4 is 10.1 Å². The normalized spacial score (nSPS) is 16.2. The number of hydrogen-bond donors (Lipinski definition) is 2. The van der Waals surface area contributed by atoms with Gasteiger partial charge in [-0.2, -0.15) is 5.10 Å². The van der Waals surface area contributed by atoms with E-state index in [-0.39, 0.29) is 18.4 Å². The first-order valence-electron chi connectivity index (χ1n) is 8.45. The van der Waals surface area contributed by atoms with Crippen molar-refractivity contribution in [3.8, 4) is 17.3 Å². The highest BCUT2D eigenvalue weighted by Crippen LogP contribution is 2.26. The van der Waals surface area contributed by atoms with E-state index in [0.717, 1.165) is 11.3 Å². The van der Waals surface area contributed by atoms with Crippen LogP contribution in [0.2, 0.25) is 0 Å². The van der Waals surface area contributed by atoms with E-state index in [2.05, 4.69) is 30.5 Å². The third-order valence-corrected chi connectivity index (χ3v) is 4.29. The Balaban J connectivity index is 1.38. The molecule has 3 heterocycles. The molecule has 1 aromatic carbocycles. The zero-order valence-corrected chi connectivity index (χ0v) is 14.1. The second kappa shape index (κ2) is 7.30. The summed E-state index contributed by atoms with van der Waals surface area (Å²) in [5.74, 6) is 1.76. The molecule has 1 aliphatic heterocycles. The zero-order chi connectivity index (χ0) is 17.8. The molecule has 0 fully saturated rings. The molecule has 2 N–H and O–H groups in total. The van der Waals surface area contributed by atoms with Crippen LogP contribution in [0.4, 0.5) is 0 Å². The van der Waals surface area contributed by atoms with Gasteiger partial charge in [0, 0.05) is 18.3 Å². The highest BCUT2D eigenvalue weighted by atomic mass is 16.5. The lowest BCUT2D eigenvalue weighted by Crippen LogP contribution is -2.32. The molecule has 0 aliphatic carbocycles. The average Bonchev–Trinajstić information content (AvgIpc) is 3.05. The molecule has 0 bridgehead atoms. The zero-order valence-electron chi connectivity index (χ0n) is 14.1. The van der Waals surface area contributed by atoms with Crippen LogP contribution in [0.15, 0.2) is 42.9 Å². The molecule has 132 valence electrons. The minimum Gasteiger partial charge on any atom is -0.493 e. The maximum atomic E-state index is 12.6. The fraction of sp³-hybridized carbons (Fsp3) is 0.278. The minimum absolute atomic E-state index is 0.0113. The number of carbonyl (C=O) groups excluding carboxylic acids is 1. The number of H-pyrrole nitrogens is 1. The van der Waals surface area contributed by atoms with E-state index < -0.39 is 0 Å². The van der Waals surface area contributed by atoms with E-state index in [0.29, 0.717) is 36.8 Å². The van der Waals surface area contributed by atoms with Gasteiger partial charge >= 0.3 is 0 Å². The number of aromatic amines is 1. The fourth-order valence-corrected chi connectivity index (χ4v) is 2.93. The predicted molar refractivity (Wildman–Crippen MR) is 93.0 cm³/mol. The Morgan fingerprint density at radius 2 is 2.23 bits per heavy atom. The SMILES string of the molecule is O=C(NCc1nc(-c2cnccn2)n[nH]1)[C@@H]1CCOc2ccccc2C1. The first-order chi connectivity index (χ1) is 12.8. The molecule has 0 saturated carbocycles. The Morgan fingerprint density at radius 1 is 1.31 bits per heavy atom. The predicted octanol–water partition coefficient (Wildman–Crippen LogP) is 1.52. The van der Waals surface area contributed by atoms with Crippen LogP contribution in [-0.4, -0.2) is 37.7 Å². The van der Waals surface area contributed by atoms with Gasteiger partial charge in [-0.05, 0) is 24.5 Å². The van der Waals surface area contributed by atoms with Crippen molar-refractivity contribution in [1.82, 2.24) is 30.5 Å². The smallest absolute Gasteiger partial charge is 0.223 e. The van der Waals surface area contributed by atoms with Gasteiger partial charge in [-0.25, -0.2) is 9.97 Å². The Hall–Kier alpha value is -3.29. The molecule has 1 aliphatic rings. The Kier molecular flexibility index (Phi) is 4.55. The molecule has 8 nitrogen and oxygen atoms in total. The van der Waals surface area contributed by atoms with Gasteiger partial charge in [0.25, 0.3) is 0 Å². The van der Waals surface area contributed by atoms with Crippen LogP contribution in [-0.2, 0) is 17.8 Å². The van der Waals surface area contributed by atoms with Crippen molar-refractivity contribution in [2.45, 2.75) is 19.4 Å². The molecule has 1 atom stereocenters. The summed E-state index contributed by atoms with van der Waals surface area (Å²) in [6, 6.07) is 7.85. The summed E-state index contributed by atoms with van der Waals surface area (Å²) in [7, 11) is 0. The maximum Gasteiger partial charge on any atom is 0.223 e. The van der Waals surface area contributed by atoms with Crippen LogP contribution >= 0.6 is 0 Å². The summed E-state index contributed by atoms with van der Waals surface area (Å²) in [5.41, 5.74) is 1.65. The third kappa shape index (κ3) is 3.53. The molecular formula is C18H18N6O2. The lowest BCUT2D eigenvalue weighted by atomic mass is 9.96. The van der Waals surface area contributed by atoms with Crippen LogP contribution in [0, 0.1) is 5.92 Å². The highest BCUT2D eigenvalue weighted by Gasteiger charge is 2.23. The molecule has 4 rings (SSSR count).